The molecule has 0 atom stereocenters. The van der Waals surface area contributed by atoms with E-state index < -0.39 is 5.97 Å². The third kappa shape index (κ3) is 7.21. The van der Waals surface area contributed by atoms with Crippen molar-refractivity contribution in [3.8, 4) is 0 Å². The quantitative estimate of drug-likeness (QED) is 0.446. The Morgan fingerprint density at radius 1 is 1.18 bits per heavy atom. The number of carbonyl (C=O) groups is 2. The lowest BCUT2D eigenvalue weighted by Crippen LogP contribution is -1.99. The Hall–Kier alpha value is -1.89. The van der Waals surface area contributed by atoms with Gasteiger partial charge in [0.25, 0.3) is 0 Å². The predicted octanol–water partition coefficient (Wildman–Crippen LogP) is 3.78. The maximum Gasteiger partial charge on any atom is 0.303 e. The SMILES string of the molecule is Ic1ccccc1.Nc1cc(C=O)ccc1CCCC(=O)O. The molecule has 2 aromatic carbocycles. The second kappa shape index (κ2) is 9.94. The summed E-state index contributed by atoms with van der Waals surface area (Å²) in [7, 11) is 0. The summed E-state index contributed by atoms with van der Waals surface area (Å²) in [6, 6.07) is 15.3. The average Bonchev–Trinajstić information content (AvgIpc) is 2.50. The Morgan fingerprint density at radius 3 is 2.32 bits per heavy atom. The van der Waals surface area contributed by atoms with Crippen molar-refractivity contribution in [3.05, 3.63) is 63.2 Å². The number of aryl methyl sites for hydroxylation is 1. The van der Waals surface area contributed by atoms with E-state index in [0.717, 1.165) is 11.8 Å². The van der Waals surface area contributed by atoms with Crippen molar-refractivity contribution in [2.24, 2.45) is 0 Å². The summed E-state index contributed by atoms with van der Waals surface area (Å²) in [5.74, 6) is -0.807. The zero-order chi connectivity index (χ0) is 16.4. The standard InChI is InChI=1S/C11H13NO3.C6H5I/c12-10-6-8(7-13)4-5-9(10)2-1-3-11(14)15;7-6-4-2-1-3-5-6/h4-7H,1-3,12H2,(H,14,15);1-5H. The monoisotopic (exact) mass is 411 g/mol. The van der Waals surface area contributed by atoms with Gasteiger partial charge in [-0.1, -0.05) is 30.3 Å². The van der Waals surface area contributed by atoms with Crippen LogP contribution in [0.2, 0.25) is 0 Å². The fraction of sp³-hybridized carbons (Fsp3) is 0.176. The number of carboxylic acids is 1. The molecule has 4 nitrogen and oxygen atoms in total. The van der Waals surface area contributed by atoms with Gasteiger partial charge in [-0.2, -0.15) is 0 Å². The lowest BCUT2D eigenvalue weighted by Gasteiger charge is -2.04. The number of aldehydes is 1. The molecule has 0 aliphatic rings. The van der Waals surface area contributed by atoms with Crippen LogP contribution in [0.5, 0.6) is 0 Å². The number of carboxylic acid groups (broad SMARTS) is 1. The molecule has 0 spiro atoms. The number of hydrogen-bond donors (Lipinski definition) is 2. The van der Waals surface area contributed by atoms with Crippen LogP contribution < -0.4 is 5.73 Å². The highest BCUT2D eigenvalue weighted by Gasteiger charge is 2.02. The van der Waals surface area contributed by atoms with Gasteiger partial charge in [-0.3, -0.25) is 9.59 Å². The highest BCUT2D eigenvalue weighted by Crippen LogP contribution is 2.15. The average molecular weight is 411 g/mol. The van der Waals surface area contributed by atoms with Crippen LogP contribution in [0.3, 0.4) is 0 Å². The Morgan fingerprint density at radius 2 is 1.86 bits per heavy atom. The van der Waals surface area contributed by atoms with Crippen molar-refractivity contribution in [2.45, 2.75) is 19.3 Å². The van der Waals surface area contributed by atoms with Crippen LogP contribution in [0.1, 0.15) is 28.8 Å². The second-order valence-corrected chi connectivity index (χ2v) is 5.86. The normalized spacial score (nSPS) is 9.50. The van der Waals surface area contributed by atoms with Gasteiger partial charge in [0, 0.05) is 21.2 Å². The molecule has 0 radical (unpaired) electrons. The molecule has 116 valence electrons. The largest absolute Gasteiger partial charge is 0.481 e. The van der Waals surface area contributed by atoms with E-state index >= 15 is 0 Å². The number of nitrogens with two attached hydrogens (primary N) is 1. The molecular formula is C17H18INO3. The van der Waals surface area contributed by atoms with Crippen molar-refractivity contribution in [2.75, 3.05) is 5.73 Å². The van der Waals surface area contributed by atoms with Crippen LogP contribution in [0.15, 0.2) is 48.5 Å². The lowest BCUT2D eigenvalue weighted by molar-refractivity contribution is -0.137. The molecule has 0 saturated carbocycles. The Bertz CT molecular complexity index is 615. The summed E-state index contributed by atoms with van der Waals surface area (Å²) in [5, 5.41) is 8.47. The highest BCUT2D eigenvalue weighted by atomic mass is 127. The fourth-order valence-corrected chi connectivity index (χ4v) is 2.17. The Kier molecular flexibility index (Phi) is 8.21. The molecule has 0 unspecified atom stereocenters. The van der Waals surface area contributed by atoms with E-state index in [1.54, 1.807) is 18.2 Å². The van der Waals surface area contributed by atoms with Gasteiger partial charge in [0.05, 0.1) is 0 Å². The van der Waals surface area contributed by atoms with Gasteiger partial charge in [0.2, 0.25) is 0 Å². The number of rotatable bonds is 5. The van der Waals surface area contributed by atoms with E-state index in [1.807, 2.05) is 18.2 Å². The molecule has 2 aromatic rings. The molecule has 0 saturated heterocycles. The van der Waals surface area contributed by atoms with Gasteiger partial charge in [-0.05, 0) is 59.2 Å². The number of carbonyl (C=O) groups excluding carboxylic acids is 1. The first kappa shape index (κ1) is 18.2. The molecule has 0 heterocycles. The molecule has 22 heavy (non-hydrogen) atoms. The van der Waals surface area contributed by atoms with Gasteiger partial charge >= 0.3 is 5.97 Å². The maximum atomic E-state index is 10.4. The van der Waals surface area contributed by atoms with Crippen molar-refractivity contribution >= 4 is 40.5 Å². The molecule has 0 amide bonds. The van der Waals surface area contributed by atoms with Gasteiger partial charge in [0.15, 0.2) is 0 Å². The molecule has 5 heteroatoms. The number of hydrogen-bond acceptors (Lipinski definition) is 3. The summed E-state index contributed by atoms with van der Waals surface area (Å²) in [6.07, 6.45) is 2.05. The maximum absolute atomic E-state index is 10.4. The molecule has 3 N–H and O–H groups in total. The zero-order valence-electron chi connectivity index (χ0n) is 12.0. The van der Waals surface area contributed by atoms with Crippen LogP contribution >= 0.6 is 22.6 Å². The van der Waals surface area contributed by atoms with Crippen molar-refractivity contribution in [1.82, 2.24) is 0 Å². The zero-order valence-corrected chi connectivity index (χ0v) is 14.2. The number of halogens is 1. The predicted molar refractivity (Wildman–Crippen MR) is 96.0 cm³/mol. The Labute approximate surface area is 143 Å². The summed E-state index contributed by atoms with van der Waals surface area (Å²) < 4.78 is 1.29. The smallest absolute Gasteiger partial charge is 0.303 e. The minimum absolute atomic E-state index is 0.134. The number of benzene rings is 2. The van der Waals surface area contributed by atoms with Crippen LogP contribution in [-0.4, -0.2) is 17.4 Å². The number of anilines is 1. The van der Waals surface area contributed by atoms with E-state index in [-0.39, 0.29) is 6.42 Å². The molecule has 0 aromatic heterocycles. The van der Waals surface area contributed by atoms with E-state index in [1.165, 1.54) is 3.57 Å². The number of nitrogen functional groups attached to an aromatic ring is 1. The second-order valence-electron chi connectivity index (χ2n) is 4.62. The van der Waals surface area contributed by atoms with Gasteiger partial charge in [-0.15, -0.1) is 0 Å². The number of aliphatic carboxylic acids is 1. The first-order valence-corrected chi connectivity index (χ1v) is 7.86. The Balaban J connectivity index is 0.000000287. The minimum atomic E-state index is -0.807. The topological polar surface area (TPSA) is 80.4 Å². The van der Waals surface area contributed by atoms with E-state index in [4.69, 9.17) is 10.8 Å². The van der Waals surface area contributed by atoms with Crippen molar-refractivity contribution in [1.29, 1.82) is 0 Å². The highest BCUT2D eigenvalue weighted by molar-refractivity contribution is 14.1. The summed E-state index contributed by atoms with van der Waals surface area (Å²) in [6.45, 7) is 0. The summed E-state index contributed by atoms with van der Waals surface area (Å²) in [4.78, 5) is 20.7. The lowest BCUT2D eigenvalue weighted by atomic mass is 10.0. The van der Waals surface area contributed by atoms with Crippen molar-refractivity contribution in [3.63, 3.8) is 0 Å². The third-order valence-electron chi connectivity index (χ3n) is 2.88. The van der Waals surface area contributed by atoms with Crippen LogP contribution in [0, 0.1) is 3.57 Å². The summed E-state index contributed by atoms with van der Waals surface area (Å²) >= 11 is 2.28. The third-order valence-corrected chi connectivity index (χ3v) is 3.60. The summed E-state index contributed by atoms with van der Waals surface area (Å²) in [5.41, 5.74) is 7.68. The first-order chi connectivity index (χ1) is 10.5. The van der Waals surface area contributed by atoms with Gasteiger partial charge in [0.1, 0.15) is 6.29 Å². The van der Waals surface area contributed by atoms with Gasteiger partial charge < -0.3 is 10.8 Å². The molecule has 0 aliphatic carbocycles. The fourth-order valence-electron chi connectivity index (χ4n) is 1.76. The molecule has 2 rings (SSSR count). The molecular weight excluding hydrogens is 393 g/mol. The molecule has 0 fully saturated rings. The van der Waals surface area contributed by atoms with E-state index in [9.17, 15) is 9.59 Å². The molecule has 0 aliphatic heterocycles. The first-order valence-electron chi connectivity index (χ1n) is 6.79. The van der Waals surface area contributed by atoms with Crippen molar-refractivity contribution < 1.29 is 14.7 Å². The van der Waals surface area contributed by atoms with E-state index in [2.05, 4.69) is 34.7 Å². The van der Waals surface area contributed by atoms with E-state index in [0.29, 0.717) is 24.1 Å². The van der Waals surface area contributed by atoms with Crippen LogP contribution in [0.4, 0.5) is 5.69 Å². The van der Waals surface area contributed by atoms with Gasteiger partial charge in [-0.25, -0.2) is 0 Å². The minimum Gasteiger partial charge on any atom is -0.481 e. The molecule has 0 bridgehead atoms. The van der Waals surface area contributed by atoms with Crippen LogP contribution in [-0.2, 0) is 11.2 Å². The van der Waals surface area contributed by atoms with Crippen LogP contribution in [0.25, 0.3) is 0 Å².